The summed E-state index contributed by atoms with van der Waals surface area (Å²) in [6.07, 6.45) is 2.78. The molecule has 1 aliphatic rings. The molecule has 0 radical (unpaired) electrons. The third-order valence-electron chi connectivity index (χ3n) is 4.28. The van der Waals surface area contributed by atoms with E-state index in [1.54, 1.807) is 0 Å². The van der Waals surface area contributed by atoms with Crippen LogP contribution in [0.4, 0.5) is 5.13 Å². The van der Waals surface area contributed by atoms with Gasteiger partial charge in [0.25, 0.3) is 5.91 Å². The maximum atomic E-state index is 12.6. The first-order valence-electron chi connectivity index (χ1n) is 8.19. The van der Waals surface area contributed by atoms with E-state index in [9.17, 15) is 9.59 Å². The number of aromatic nitrogens is 3. The predicted molar refractivity (Wildman–Crippen MR) is 97.5 cm³/mol. The molecule has 3 aromatic rings. The summed E-state index contributed by atoms with van der Waals surface area (Å²) in [5.41, 5.74) is 3.41. The fourth-order valence-electron chi connectivity index (χ4n) is 3.06. The van der Waals surface area contributed by atoms with Gasteiger partial charge in [0.15, 0.2) is 16.5 Å². The Morgan fingerprint density at radius 2 is 2.00 bits per heavy atom. The highest BCUT2D eigenvalue weighted by Gasteiger charge is 2.25. The minimum absolute atomic E-state index is 0.186. The molecule has 0 unspecified atom stereocenters. The molecule has 1 aromatic carbocycles. The van der Waals surface area contributed by atoms with Gasteiger partial charge in [0.2, 0.25) is 0 Å². The number of anilines is 1. The zero-order chi connectivity index (χ0) is 18.1. The molecule has 2 N–H and O–H groups in total. The van der Waals surface area contributed by atoms with Gasteiger partial charge in [-0.3, -0.25) is 15.2 Å². The number of nitrogens with zero attached hydrogens (tertiary/aromatic N) is 2. The summed E-state index contributed by atoms with van der Waals surface area (Å²) < 4.78 is 4.82. The first-order valence-corrected chi connectivity index (χ1v) is 9.01. The summed E-state index contributed by atoms with van der Waals surface area (Å²) in [6.45, 7) is 0. The third kappa shape index (κ3) is 2.88. The number of hydrogen-bond acceptors (Lipinski definition) is 6. The van der Waals surface area contributed by atoms with Crippen LogP contribution in [0.1, 0.15) is 38.7 Å². The van der Waals surface area contributed by atoms with Gasteiger partial charge in [-0.1, -0.05) is 41.7 Å². The number of H-pyrrole nitrogens is 1. The molecule has 0 bridgehead atoms. The summed E-state index contributed by atoms with van der Waals surface area (Å²) in [6, 6.07) is 9.41. The lowest BCUT2D eigenvalue weighted by atomic mass is 10.1. The normalized spacial score (nSPS) is 12.7. The van der Waals surface area contributed by atoms with Crippen LogP contribution in [0, 0.1) is 0 Å². The van der Waals surface area contributed by atoms with Gasteiger partial charge >= 0.3 is 5.97 Å². The van der Waals surface area contributed by atoms with Crippen LogP contribution in [0.5, 0.6) is 0 Å². The summed E-state index contributed by atoms with van der Waals surface area (Å²) in [5, 5.41) is 10.1. The largest absolute Gasteiger partial charge is 0.464 e. The SMILES string of the molecule is COC(=O)c1nc(NC(=O)c2n[nH]c3c2CCC3)sc1-c1ccccc1. The van der Waals surface area contributed by atoms with Crippen molar-refractivity contribution in [3.05, 3.63) is 53.0 Å². The second-order valence-corrected chi connectivity index (χ2v) is 6.89. The van der Waals surface area contributed by atoms with Crippen molar-refractivity contribution in [2.75, 3.05) is 12.4 Å². The molecule has 2 heterocycles. The number of benzene rings is 1. The minimum Gasteiger partial charge on any atom is -0.464 e. The van der Waals surface area contributed by atoms with E-state index in [4.69, 9.17) is 4.74 Å². The molecule has 1 aliphatic carbocycles. The van der Waals surface area contributed by atoms with Crippen LogP contribution in [-0.2, 0) is 17.6 Å². The molecule has 0 spiro atoms. The van der Waals surface area contributed by atoms with E-state index in [2.05, 4.69) is 20.5 Å². The number of amides is 1. The molecule has 1 amide bonds. The van der Waals surface area contributed by atoms with Gasteiger partial charge in [-0.05, 0) is 24.8 Å². The number of ether oxygens (including phenoxy) is 1. The standard InChI is InChI=1S/C18H16N4O3S/c1-25-17(24)14-15(10-6-3-2-4-7-10)26-18(19-14)20-16(23)13-11-8-5-9-12(11)21-22-13/h2-4,6-7H,5,8-9H2,1H3,(H,21,22)(H,19,20,23). The Bertz CT molecular complexity index is 978. The first kappa shape index (κ1) is 16.5. The number of aromatic amines is 1. The molecule has 0 fully saturated rings. The number of methoxy groups -OCH3 is 1. The van der Waals surface area contributed by atoms with Crippen molar-refractivity contribution >= 4 is 28.3 Å². The van der Waals surface area contributed by atoms with Crippen LogP contribution in [0.2, 0.25) is 0 Å². The van der Waals surface area contributed by atoms with Gasteiger partial charge < -0.3 is 4.74 Å². The van der Waals surface area contributed by atoms with Crippen LogP contribution in [0.25, 0.3) is 10.4 Å². The van der Waals surface area contributed by atoms with Crippen molar-refractivity contribution < 1.29 is 14.3 Å². The molecule has 2 aromatic heterocycles. The fourth-order valence-corrected chi connectivity index (χ4v) is 4.01. The van der Waals surface area contributed by atoms with Gasteiger partial charge in [0.1, 0.15) is 0 Å². The van der Waals surface area contributed by atoms with Crippen LogP contribution < -0.4 is 5.32 Å². The van der Waals surface area contributed by atoms with Gasteiger partial charge in [-0.25, -0.2) is 9.78 Å². The number of hydrogen-bond donors (Lipinski definition) is 2. The van der Waals surface area contributed by atoms with Crippen molar-refractivity contribution in [2.24, 2.45) is 0 Å². The van der Waals surface area contributed by atoms with Crippen molar-refractivity contribution in [1.29, 1.82) is 0 Å². The van der Waals surface area contributed by atoms with E-state index in [0.717, 1.165) is 36.1 Å². The summed E-state index contributed by atoms with van der Waals surface area (Å²) in [4.78, 5) is 29.6. The van der Waals surface area contributed by atoms with E-state index in [-0.39, 0.29) is 11.6 Å². The van der Waals surface area contributed by atoms with Crippen molar-refractivity contribution in [3.63, 3.8) is 0 Å². The monoisotopic (exact) mass is 368 g/mol. The molecule has 0 atom stereocenters. The van der Waals surface area contributed by atoms with Crippen molar-refractivity contribution in [1.82, 2.24) is 15.2 Å². The number of carbonyl (C=O) groups is 2. The van der Waals surface area contributed by atoms with Gasteiger partial charge in [0, 0.05) is 11.3 Å². The predicted octanol–water partition coefficient (Wildman–Crippen LogP) is 3.06. The molecule has 7 nitrogen and oxygen atoms in total. The topological polar surface area (TPSA) is 97.0 Å². The number of aryl methyl sites for hydroxylation is 1. The van der Waals surface area contributed by atoms with Crippen molar-refractivity contribution in [3.8, 4) is 10.4 Å². The fraction of sp³-hybridized carbons (Fsp3) is 0.222. The van der Waals surface area contributed by atoms with E-state index in [1.807, 2.05) is 30.3 Å². The molecule has 26 heavy (non-hydrogen) atoms. The lowest BCUT2D eigenvalue weighted by Gasteiger charge is -1.99. The highest BCUT2D eigenvalue weighted by Crippen LogP contribution is 2.34. The molecule has 4 rings (SSSR count). The van der Waals surface area contributed by atoms with E-state index < -0.39 is 5.97 Å². The Morgan fingerprint density at radius 1 is 1.19 bits per heavy atom. The Balaban J connectivity index is 1.65. The number of fused-ring (bicyclic) bond motifs is 1. The Hall–Kier alpha value is -3.00. The second kappa shape index (κ2) is 6.72. The zero-order valence-electron chi connectivity index (χ0n) is 14.0. The molecule has 0 aliphatic heterocycles. The van der Waals surface area contributed by atoms with Gasteiger partial charge in [-0.15, -0.1) is 0 Å². The Morgan fingerprint density at radius 3 is 2.77 bits per heavy atom. The van der Waals surface area contributed by atoms with Gasteiger partial charge in [0.05, 0.1) is 12.0 Å². The van der Waals surface area contributed by atoms with Gasteiger partial charge in [-0.2, -0.15) is 5.10 Å². The summed E-state index contributed by atoms with van der Waals surface area (Å²) >= 11 is 1.23. The number of nitrogens with one attached hydrogen (secondary N) is 2. The zero-order valence-corrected chi connectivity index (χ0v) is 14.9. The second-order valence-electron chi connectivity index (χ2n) is 5.89. The number of thiazole rings is 1. The van der Waals surface area contributed by atoms with Crippen LogP contribution in [-0.4, -0.2) is 34.2 Å². The highest BCUT2D eigenvalue weighted by molar-refractivity contribution is 7.19. The summed E-state index contributed by atoms with van der Waals surface area (Å²) in [5.74, 6) is -0.865. The van der Waals surface area contributed by atoms with Crippen molar-refractivity contribution in [2.45, 2.75) is 19.3 Å². The smallest absolute Gasteiger partial charge is 0.358 e. The third-order valence-corrected chi connectivity index (χ3v) is 5.30. The average molecular weight is 368 g/mol. The van der Waals surface area contributed by atoms with Crippen LogP contribution >= 0.6 is 11.3 Å². The van der Waals surface area contributed by atoms with E-state index in [0.29, 0.717) is 15.7 Å². The summed E-state index contributed by atoms with van der Waals surface area (Å²) in [7, 11) is 1.31. The average Bonchev–Trinajstić information content (AvgIpc) is 3.37. The maximum Gasteiger partial charge on any atom is 0.358 e. The minimum atomic E-state index is -0.540. The Kier molecular flexibility index (Phi) is 4.26. The lowest BCUT2D eigenvalue weighted by Crippen LogP contribution is -2.14. The maximum absolute atomic E-state index is 12.6. The van der Waals surface area contributed by atoms with Crippen LogP contribution in [0.3, 0.4) is 0 Å². The van der Waals surface area contributed by atoms with E-state index in [1.165, 1.54) is 18.4 Å². The molecule has 132 valence electrons. The molecule has 0 saturated carbocycles. The van der Waals surface area contributed by atoms with Crippen LogP contribution in [0.15, 0.2) is 30.3 Å². The molecule has 0 saturated heterocycles. The van der Waals surface area contributed by atoms with E-state index >= 15 is 0 Å². The highest BCUT2D eigenvalue weighted by atomic mass is 32.1. The Labute approximate surface area is 153 Å². The quantitative estimate of drug-likeness (QED) is 0.690. The number of carbonyl (C=O) groups excluding carboxylic acids is 2. The lowest BCUT2D eigenvalue weighted by molar-refractivity contribution is 0.0595. The molecular weight excluding hydrogens is 352 g/mol. The first-order chi connectivity index (χ1) is 12.7. The molecular formula is C18H16N4O3S. The number of esters is 1. The number of rotatable bonds is 4. The molecule has 8 heteroatoms.